The largest absolute Gasteiger partial charge is 0.508 e. The van der Waals surface area contributed by atoms with Crippen LogP contribution in [0.3, 0.4) is 0 Å². The number of anilines is 1. The lowest BCUT2D eigenvalue weighted by atomic mass is 9.96. The van der Waals surface area contributed by atoms with Gasteiger partial charge < -0.3 is 24.8 Å². The lowest BCUT2D eigenvalue weighted by Gasteiger charge is -2.30. The summed E-state index contributed by atoms with van der Waals surface area (Å²) in [5, 5.41) is 24.3. The molecule has 2 atom stereocenters. The molecule has 0 radical (unpaired) electrons. The third-order valence-electron chi connectivity index (χ3n) is 10.0. The number of halogens is 2. The predicted octanol–water partition coefficient (Wildman–Crippen LogP) is 4.71. The van der Waals surface area contributed by atoms with E-state index in [0.29, 0.717) is 50.4 Å². The van der Waals surface area contributed by atoms with Crippen LogP contribution in [-0.2, 0) is 9.53 Å². The molecule has 2 saturated heterocycles. The van der Waals surface area contributed by atoms with Crippen molar-refractivity contribution < 1.29 is 28.2 Å². The van der Waals surface area contributed by atoms with E-state index in [9.17, 15) is 19.6 Å². The zero-order chi connectivity index (χ0) is 35.7. The molecular formula is C38H37F2N7O4. The molecule has 0 bridgehead atoms. The molecule has 2 N–H and O–H groups in total. The number of pyridine rings is 1. The summed E-state index contributed by atoms with van der Waals surface area (Å²) in [7, 11) is 0. The van der Waals surface area contributed by atoms with Crippen LogP contribution in [0.5, 0.6) is 11.8 Å². The van der Waals surface area contributed by atoms with Crippen molar-refractivity contribution in [1.82, 2.24) is 25.2 Å². The van der Waals surface area contributed by atoms with Gasteiger partial charge in [0.1, 0.15) is 28.6 Å². The van der Waals surface area contributed by atoms with Gasteiger partial charge in [-0.15, -0.1) is 6.42 Å². The molecule has 2 aromatic heterocycles. The second kappa shape index (κ2) is 14.1. The summed E-state index contributed by atoms with van der Waals surface area (Å²) in [6.45, 7) is 8.42. The number of hydrogen-bond donors (Lipinski definition) is 2. The van der Waals surface area contributed by atoms with E-state index in [1.807, 2.05) is 4.90 Å². The Balaban J connectivity index is 1.33. The number of phenolic OH excluding ortho intramolecular Hbond substituents is 1. The highest BCUT2D eigenvalue weighted by Crippen LogP contribution is 2.47. The molecule has 0 spiro atoms. The molecule has 51 heavy (non-hydrogen) atoms. The third-order valence-corrected chi connectivity index (χ3v) is 10.0. The number of hydrogen-bond acceptors (Lipinski definition) is 10. The van der Waals surface area contributed by atoms with Crippen molar-refractivity contribution in [2.45, 2.75) is 31.7 Å². The number of benzene rings is 2. The van der Waals surface area contributed by atoms with E-state index in [-0.39, 0.29) is 56.8 Å². The molecule has 3 fully saturated rings. The Hall–Kier alpha value is -5.37. The van der Waals surface area contributed by atoms with Crippen LogP contribution in [0, 0.1) is 46.6 Å². The number of carbonyl (C=O) groups is 1. The highest BCUT2D eigenvalue weighted by molar-refractivity contribution is 6.03. The molecule has 2 aliphatic heterocycles. The molecule has 4 heterocycles. The van der Waals surface area contributed by atoms with Crippen molar-refractivity contribution in [3.05, 3.63) is 60.3 Å². The van der Waals surface area contributed by atoms with Gasteiger partial charge in [-0.1, -0.05) is 18.6 Å². The molecule has 1 saturated carbocycles. The number of nitriles is 1. The molecule has 4 aromatic rings. The Labute approximate surface area is 293 Å². The Morgan fingerprint density at radius 2 is 2.04 bits per heavy atom. The zero-order valence-electron chi connectivity index (χ0n) is 28.0. The van der Waals surface area contributed by atoms with Gasteiger partial charge >= 0.3 is 6.01 Å². The Morgan fingerprint density at radius 1 is 1.24 bits per heavy atom. The van der Waals surface area contributed by atoms with E-state index >= 15 is 4.39 Å². The van der Waals surface area contributed by atoms with Crippen LogP contribution in [0.4, 0.5) is 14.6 Å². The van der Waals surface area contributed by atoms with Gasteiger partial charge in [-0.25, -0.2) is 8.78 Å². The summed E-state index contributed by atoms with van der Waals surface area (Å²) in [4.78, 5) is 30.5. The number of terminal acetylenes is 1. The average Bonchev–Trinajstić information content (AvgIpc) is 3.94. The fraction of sp³-hybridized carbons (Fsp3) is 0.395. The van der Waals surface area contributed by atoms with Crippen LogP contribution in [0.25, 0.3) is 32.9 Å². The van der Waals surface area contributed by atoms with Gasteiger partial charge in [-0.2, -0.15) is 15.2 Å². The molecule has 7 rings (SSSR count). The molecule has 3 aliphatic rings. The summed E-state index contributed by atoms with van der Waals surface area (Å²) in [6.07, 6.45) is 11.4. The van der Waals surface area contributed by atoms with Gasteiger partial charge in [0, 0.05) is 55.3 Å². The second-order valence-corrected chi connectivity index (χ2v) is 13.5. The highest BCUT2D eigenvalue weighted by atomic mass is 19.1. The first-order chi connectivity index (χ1) is 24.7. The molecule has 13 heteroatoms. The molecular weight excluding hydrogens is 656 g/mol. The number of morpholine rings is 1. The topological polar surface area (TPSA) is 137 Å². The number of nitrogens with zero attached hydrogens (tertiary/aromatic N) is 6. The van der Waals surface area contributed by atoms with E-state index in [1.54, 1.807) is 0 Å². The molecule has 0 unspecified atom stereocenters. The standard InChI is InChI=1S/C38H37F2N7O4/c1-3-26-29(39)8-7-23-16-25(48)17-27(32(23)26)34-33(40)35-28(19-42-34)36(47-11-5-6-24(18-41)30(20-47)43-31(49)4-2)45-37(44-35)51-22-38(9-10-38)21-46-12-14-50-15-13-46/h1,4,7-8,16-17,19,24,30,48H,2,5-6,9-15,20-22H2,(H,43,49)/t24-,30-/m0/s1. The lowest BCUT2D eigenvalue weighted by molar-refractivity contribution is -0.117. The second-order valence-electron chi connectivity index (χ2n) is 13.5. The van der Waals surface area contributed by atoms with Crippen LogP contribution in [-0.4, -0.2) is 89.5 Å². The van der Waals surface area contributed by atoms with E-state index < -0.39 is 29.5 Å². The van der Waals surface area contributed by atoms with Gasteiger partial charge in [0.25, 0.3) is 0 Å². The average molecular weight is 694 g/mol. The van der Waals surface area contributed by atoms with E-state index in [2.05, 4.69) is 38.8 Å². The minimum Gasteiger partial charge on any atom is -0.508 e. The number of fused-ring (bicyclic) bond motifs is 2. The van der Waals surface area contributed by atoms with Gasteiger partial charge in [0.05, 0.1) is 48.8 Å². The van der Waals surface area contributed by atoms with Crippen LogP contribution in [0.1, 0.15) is 31.2 Å². The molecule has 262 valence electrons. The normalized spacial score (nSPS) is 20.3. The maximum atomic E-state index is 17.0. The number of ether oxygens (including phenoxy) is 2. The number of rotatable bonds is 9. The molecule has 1 aliphatic carbocycles. The first kappa shape index (κ1) is 34.1. The minimum absolute atomic E-state index is 0.0364. The van der Waals surface area contributed by atoms with Crippen molar-refractivity contribution in [1.29, 1.82) is 5.26 Å². The Bertz CT molecular complexity index is 2100. The van der Waals surface area contributed by atoms with Crippen LogP contribution >= 0.6 is 0 Å². The minimum atomic E-state index is -0.837. The van der Waals surface area contributed by atoms with Gasteiger partial charge in [-0.3, -0.25) is 14.7 Å². The Morgan fingerprint density at radius 3 is 2.76 bits per heavy atom. The number of aromatic nitrogens is 3. The number of aromatic hydroxyl groups is 1. The summed E-state index contributed by atoms with van der Waals surface area (Å²) < 4.78 is 43.7. The third kappa shape index (κ3) is 6.87. The first-order valence-electron chi connectivity index (χ1n) is 17.0. The predicted molar refractivity (Wildman–Crippen MR) is 187 cm³/mol. The quantitative estimate of drug-likeness (QED) is 0.187. The first-order valence-corrected chi connectivity index (χ1v) is 17.0. The van der Waals surface area contributed by atoms with Crippen molar-refractivity contribution >= 4 is 33.4 Å². The number of nitrogens with one attached hydrogen (secondary N) is 1. The zero-order valence-corrected chi connectivity index (χ0v) is 28.0. The van der Waals surface area contributed by atoms with Crippen molar-refractivity contribution in [2.24, 2.45) is 11.3 Å². The highest BCUT2D eigenvalue weighted by Gasteiger charge is 2.45. The molecule has 2 aromatic carbocycles. The van der Waals surface area contributed by atoms with E-state index in [0.717, 1.165) is 38.6 Å². The fourth-order valence-corrected chi connectivity index (χ4v) is 7.14. The van der Waals surface area contributed by atoms with Crippen LogP contribution < -0.4 is 15.0 Å². The smallest absolute Gasteiger partial charge is 0.319 e. The Kier molecular flexibility index (Phi) is 9.42. The monoisotopic (exact) mass is 693 g/mol. The van der Waals surface area contributed by atoms with Gasteiger partial charge in [-0.05, 0) is 55.3 Å². The lowest BCUT2D eigenvalue weighted by Crippen LogP contribution is -2.46. The summed E-state index contributed by atoms with van der Waals surface area (Å²) in [5.41, 5.74) is -0.364. The number of amides is 1. The van der Waals surface area contributed by atoms with Crippen molar-refractivity contribution in [2.75, 3.05) is 57.4 Å². The summed E-state index contributed by atoms with van der Waals surface area (Å²) in [5.74, 6) is 0.127. The summed E-state index contributed by atoms with van der Waals surface area (Å²) in [6, 6.07) is 7.09. The molecule has 11 nitrogen and oxygen atoms in total. The summed E-state index contributed by atoms with van der Waals surface area (Å²) >= 11 is 0. The number of carbonyl (C=O) groups excluding carboxylic acids is 1. The number of phenols is 1. The van der Waals surface area contributed by atoms with Gasteiger partial charge in [0.2, 0.25) is 5.91 Å². The van der Waals surface area contributed by atoms with Gasteiger partial charge in [0.15, 0.2) is 5.82 Å². The van der Waals surface area contributed by atoms with Crippen LogP contribution in [0.15, 0.2) is 43.1 Å². The van der Waals surface area contributed by atoms with E-state index in [4.69, 9.17) is 20.9 Å². The fourth-order valence-electron chi connectivity index (χ4n) is 7.14. The van der Waals surface area contributed by atoms with E-state index in [1.165, 1.54) is 30.5 Å². The van der Waals surface area contributed by atoms with Crippen molar-refractivity contribution in [3.8, 4) is 41.4 Å². The SMILES string of the molecule is C#Cc1c(F)ccc2cc(O)cc(-c3ncc4c(N5CCC[C@@H](C#N)[C@@H](NC(=O)C=C)C5)nc(OCC5(CN6CCOCC6)CC5)nc4c3F)c12. The van der Waals surface area contributed by atoms with Crippen molar-refractivity contribution in [3.63, 3.8) is 0 Å². The van der Waals surface area contributed by atoms with Crippen LogP contribution in [0.2, 0.25) is 0 Å². The maximum Gasteiger partial charge on any atom is 0.319 e. The molecule has 1 amide bonds. The maximum absolute atomic E-state index is 17.0.